The molecule has 0 saturated heterocycles. The van der Waals surface area contributed by atoms with Crippen molar-refractivity contribution in [3.05, 3.63) is 35.4 Å². The normalized spacial score (nSPS) is 14.8. The standard InChI is InChI=1S/C19H32/c1-14(2)19(7,8)13-17(18(4,5)6)16-11-9-15(3)10-12-16/h9-12,14,17H,13H2,1-8H3. The third kappa shape index (κ3) is 4.37. The first-order chi connectivity index (χ1) is 8.54. The Balaban J connectivity index is 3.07. The first-order valence-corrected chi connectivity index (χ1v) is 7.60. The van der Waals surface area contributed by atoms with Crippen molar-refractivity contribution in [2.45, 2.75) is 67.7 Å². The predicted molar refractivity (Wildman–Crippen MR) is 86.6 cm³/mol. The molecule has 0 N–H and O–H groups in total. The number of hydrogen-bond acceptors (Lipinski definition) is 0. The van der Waals surface area contributed by atoms with Crippen LogP contribution >= 0.6 is 0 Å². The summed E-state index contributed by atoms with van der Waals surface area (Å²) < 4.78 is 0. The fourth-order valence-corrected chi connectivity index (χ4v) is 2.48. The van der Waals surface area contributed by atoms with E-state index in [9.17, 15) is 0 Å². The molecule has 1 aromatic rings. The van der Waals surface area contributed by atoms with Crippen molar-refractivity contribution in [1.29, 1.82) is 0 Å². The van der Waals surface area contributed by atoms with Gasteiger partial charge in [-0.25, -0.2) is 0 Å². The number of hydrogen-bond donors (Lipinski definition) is 0. The van der Waals surface area contributed by atoms with Crippen LogP contribution in [0.3, 0.4) is 0 Å². The van der Waals surface area contributed by atoms with Crippen LogP contribution in [-0.4, -0.2) is 0 Å². The van der Waals surface area contributed by atoms with Crippen LogP contribution in [0.25, 0.3) is 0 Å². The minimum absolute atomic E-state index is 0.307. The molecular formula is C19H32. The van der Waals surface area contributed by atoms with Crippen LogP contribution in [0, 0.1) is 23.7 Å². The largest absolute Gasteiger partial charge is 0.0623 e. The fourth-order valence-electron chi connectivity index (χ4n) is 2.48. The lowest BCUT2D eigenvalue weighted by molar-refractivity contribution is 0.163. The molecule has 0 spiro atoms. The van der Waals surface area contributed by atoms with Crippen LogP contribution in [0.4, 0.5) is 0 Å². The van der Waals surface area contributed by atoms with Crippen LogP contribution in [0.2, 0.25) is 0 Å². The monoisotopic (exact) mass is 260 g/mol. The van der Waals surface area contributed by atoms with Crippen LogP contribution in [0.15, 0.2) is 24.3 Å². The zero-order valence-corrected chi connectivity index (χ0v) is 14.2. The first-order valence-electron chi connectivity index (χ1n) is 7.60. The number of aryl methyl sites for hydroxylation is 1. The molecule has 1 rings (SSSR count). The van der Waals surface area contributed by atoms with Crippen molar-refractivity contribution in [1.82, 2.24) is 0 Å². The zero-order valence-electron chi connectivity index (χ0n) is 14.2. The molecule has 0 aliphatic rings. The molecule has 0 fully saturated rings. The number of benzene rings is 1. The quantitative estimate of drug-likeness (QED) is 0.605. The second-order valence-electron chi connectivity index (χ2n) is 8.18. The van der Waals surface area contributed by atoms with Crippen molar-refractivity contribution in [2.75, 3.05) is 0 Å². The minimum Gasteiger partial charge on any atom is -0.0623 e. The molecule has 0 aliphatic carbocycles. The van der Waals surface area contributed by atoms with Crippen molar-refractivity contribution in [3.63, 3.8) is 0 Å². The molecule has 19 heavy (non-hydrogen) atoms. The highest BCUT2D eigenvalue weighted by molar-refractivity contribution is 5.26. The van der Waals surface area contributed by atoms with Gasteiger partial charge in [0.05, 0.1) is 0 Å². The summed E-state index contributed by atoms with van der Waals surface area (Å²) >= 11 is 0. The summed E-state index contributed by atoms with van der Waals surface area (Å²) in [6, 6.07) is 9.14. The first kappa shape index (κ1) is 16.3. The highest BCUT2D eigenvalue weighted by Crippen LogP contribution is 2.45. The zero-order chi connectivity index (χ0) is 14.8. The Morgan fingerprint density at radius 3 is 1.74 bits per heavy atom. The maximum absolute atomic E-state index is 2.41. The van der Waals surface area contributed by atoms with Gasteiger partial charge in [-0.15, -0.1) is 0 Å². The lowest BCUT2D eigenvalue weighted by Gasteiger charge is -2.39. The SMILES string of the molecule is Cc1ccc(C(CC(C)(C)C(C)C)C(C)(C)C)cc1. The van der Waals surface area contributed by atoms with Crippen molar-refractivity contribution in [2.24, 2.45) is 16.7 Å². The average molecular weight is 260 g/mol. The molecular weight excluding hydrogens is 228 g/mol. The Bertz CT molecular complexity index is 387. The van der Waals surface area contributed by atoms with Gasteiger partial charge in [-0.05, 0) is 41.6 Å². The highest BCUT2D eigenvalue weighted by atomic mass is 14.4. The van der Waals surface area contributed by atoms with Crippen molar-refractivity contribution >= 4 is 0 Å². The summed E-state index contributed by atoms with van der Waals surface area (Å²) in [5.41, 5.74) is 3.52. The summed E-state index contributed by atoms with van der Waals surface area (Å²) in [5, 5.41) is 0. The summed E-state index contributed by atoms with van der Waals surface area (Å²) in [6.07, 6.45) is 1.25. The fraction of sp³-hybridized carbons (Fsp3) is 0.684. The van der Waals surface area contributed by atoms with Gasteiger partial charge in [-0.2, -0.15) is 0 Å². The Labute approximate surface area is 120 Å². The molecule has 108 valence electrons. The van der Waals surface area contributed by atoms with Gasteiger partial charge in [0.25, 0.3) is 0 Å². The smallest absolute Gasteiger partial charge is 0.0108 e. The van der Waals surface area contributed by atoms with E-state index in [0.717, 1.165) is 0 Å². The van der Waals surface area contributed by atoms with Gasteiger partial charge in [0, 0.05) is 0 Å². The van der Waals surface area contributed by atoms with Crippen LogP contribution in [0.1, 0.15) is 71.9 Å². The molecule has 0 nitrogen and oxygen atoms in total. The Hall–Kier alpha value is -0.780. The van der Waals surface area contributed by atoms with E-state index < -0.39 is 0 Å². The van der Waals surface area contributed by atoms with Crippen LogP contribution in [-0.2, 0) is 0 Å². The molecule has 1 unspecified atom stereocenters. The summed E-state index contributed by atoms with van der Waals surface area (Å²) in [5.74, 6) is 1.33. The molecule has 0 amide bonds. The molecule has 0 heterocycles. The van der Waals surface area contributed by atoms with Gasteiger partial charge in [0.15, 0.2) is 0 Å². The van der Waals surface area contributed by atoms with Crippen LogP contribution < -0.4 is 0 Å². The molecule has 0 bridgehead atoms. The Kier molecular flexibility index (Phi) is 4.87. The lowest BCUT2D eigenvalue weighted by Crippen LogP contribution is -2.28. The third-order valence-electron chi connectivity index (χ3n) is 4.82. The maximum atomic E-state index is 2.41. The molecule has 1 atom stereocenters. The molecule has 0 heteroatoms. The van der Waals surface area contributed by atoms with Crippen molar-refractivity contribution in [3.8, 4) is 0 Å². The van der Waals surface area contributed by atoms with E-state index in [1.54, 1.807) is 0 Å². The van der Waals surface area contributed by atoms with E-state index in [1.165, 1.54) is 17.5 Å². The second-order valence-corrected chi connectivity index (χ2v) is 8.18. The van der Waals surface area contributed by atoms with Gasteiger partial charge in [-0.3, -0.25) is 0 Å². The second kappa shape index (κ2) is 5.69. The third-order valence-corrected chi connectivity index (χ3v) is 4.82. The molecule has 1 aromatic carbocycles. The summed E-state index contributed by atoms with van der Waals surface area (Å²) in [6.45, 7) is 18.8. The molecule has 0 radical (unpaired) electrons. The topological polar surface area (TPSA) is 0 Å². The van der Waals surface area contributed by atoms with E-state index in [0.29, 0.717) is 22.7 Å². The van der Waals surface area contributed by atoms with Gasteiger partial charge in [0.2, 0.25) is 0 Å². The Morgan fingerprint density at radius 1 is 0.895 bits per heavy atom. The van der Waals surface area contributed by atoms with Crippen molar-refractivity contribution < 1.29 is 0 Å². The van der Waals surface area contributed by atoms with E-state index in [2.05, 4.69) is 79.7 Å². The van der Waals surface area contributed by atoms with Gasteiger partial charge in [-0.1, -0.05) is 78.3 Å². The molecule has 0 aromatic heterocycles. The van der Waals surface area contributed by atoms with E-state index in [1.807, 2.05) is 0 Å². The summed E-state index contributed by atoms with van der Waals surface area (Å²) in [4.78, 5) is 0. The Morgan fingerprint density at radius 2 is 1.37 bits per heavy atom. The van der Waals surface area contributed by atoms with Gasteiger partial charge in [0.1, 0.15) is 0 Å². The number of rotatable bonds is 4. The van der Waals surface area contributed by atoms with E-state index in [-0.39, 0.29) is 0 Å². The molecule has 0 aliphatic heterocycles. The predicted octanol–water partition coefficient (Wildman–Crippen LogP) is 6.20. The highest BCUT2D eigenvalue weighted by Gasteiger charge is 2.33. The average Bonchev–Trinajstić information content (AvgIpc) is 2.26. The minimum atomic E-state index is 0.307. The van der Waals surface area contributed by atoms with Gasteiger partial charge >= 0.3 is 0 Å². The maximum Gasteiger partial charge on any atom is -0.0108 e. The van der Waals surface area contributed by atoms with E-state index >= 15 is 0 Å². The van der Waals surface area contributed by atoms with E-state index in [4.69, 9.17) is 0 Å². The summed E-state index contributed by atoms with van der Waals surface area (Å²) in [7, 11) is 0. The van der Waals surface area contributed by atoms with Gasteiger partial charge < -0.3 is 0 Å². The lowest BCUT2D eigenvalue weighted by atomic mass is 9.65. The molecule has 0 saturated carbocycles. The van der Waals surface area contributed by atoms with Crippen LogP contribution in [0.5, 0.6) is 0 Å².